The molecular formula is C47H87N19O5S2. The van der Waals surface area contributed by atoms with Gasteiger partial charge in [0.1, 0.15) is 0 Å². The van der Waals surface area contributed by atoms with E-state index >= 15 is 0 Å². The van der Waals surface area contributed by atoms with Crippen LogP contribution in [0, 0.1) is 5.41 Å². The molecule has 6 fully saturated rings. The molecule has 8 aliphatic heterocycles. The van der Waals surface area contributed by atoms with Gasteiger partial charge in [-0.05, 0) is 37.3 Å². The van der Waals surface area contributed by atoms with Crippen LogP contribution in [0.1, 0.15) is 26.7 Å². The fourth-order valence-electron chi connectivity index (χ4n) is 9.45. The van der Waals surface area contributed by atoms with Gasteiger partial charge in [0.2, 0.25) is 5.91 Å². The van der Waals surface area contributed by atoms with Crippen LogP contribution in [0.15, 0.2) is 24.3 Å². The van der Waals surface area contributed by atoms with Crippen LogP contribution in [0.2, 0.25) is 0 Å². The number of nitrogens with zero attached hydrogens (tertiary/aromatic N) is 2. The van der Waals surface area contributed by atoms with Gasteiger partial charge in [-0.1, -0.05) is 6.92 Å². The summed E-state index contributed by atoms with van der Waals surface area (Å²) in [5.74, 6) is -1.07. The molecule has 412 valence electrons. The molecule has 5 amide bonds. The summed E-state index contributed by atoms with van der Waals surface area (Å²) in [5.41, 5.74) is -0.973. The molecule has 17 N–H and O–H groups in total. The molecule has 0 atom stereocenters. The topological polar surface area (TPSA) is 296 Å². The van der Waals surface area contributed by atoms with E-state index in [1.165, 1.54) is 34.1 Å². The Hall–Kier alpha value is -3.87. The average Bonchev–Trinajstić information content (AvgIpc) is 3.85. The zero-order chi connectivity index (χ0) is 52.3. The first kappa shape index (κ1) is 60.0. The molecule has 0 unspecified atom stereocenters. The molecular weight excluding hydrogens is 975 g/mol. The summed E-state index contributed by atoms with van der Waals surface area (Å²) in [7, 11) is 0. The second-order valence-electron chi connectivity index (χ2n) is 20.2. The molecule has 8 rings (SSSR count). The standard InChI is InChI=1S/C24H44N10O3S.C23H43N9O2S/c1-19(35)32-23-13-25-6-9-28-16-24(17-29-10-7-26-14-23,18-30-11-8-27-15-23)33-22(38)31-5-2-12-34-20(36)3-4-21(34)37;1-22-13-24-6-9-27-16-23(17-28-10-7-25-14-22,18-29-11-8-26-15-22)31-21(35)30-5-2-12-32-19(33)3-4-20(32)34/h3-4,25-30H,2,5-18H2,1H3,(H,32,35)(H2,31,33,38);3-4,24-29H,2,5-18H2,1H3,(H2,30,31,35). The molecule has 73 heavy (non-hydrogen) atoms. The van der Waals surface area contributed by atoms with Crippen molar-refractivity contribution in [3.8, 4) is 0 Å². The summed E-state index contributed by atoms with van der Waals surface area (Å²) in [6.07, 6.45) is 6.46. The van der Waals surface area contributed by atoms with Gasteiger partial charge in [-0.15, -0.1) is 0 Å². The van der Waals surface area contributed by atoms with Gasteiger partial charge in [0.25, 0.3) is 23.6 Å². The molecule has 26 heteroatoms. The largest absolute Gasteiger partial charge is 0.363 e. The minimum atomic E-state index is -0.422. The maximum absolute atomic E-state index is 12.0. The molecule has 0 radical (unpaired) electrons. The van der Waals surface area contributed by atoms with Crippen molar-refractivity contribution in [2.24, 2.45) is 5.41 Å². The number of carbonyl (C=O) groups excluding carboxylic acids is 5. The monoisotopic (exact) mass is 1060 g/mol. The normalized spacial score (nSPS) is 28.7. The van der Waals surface area contributed by atoms with E-state index in [0.29, 0.717) is 88.5 Å². The number of hydrogen-bond acceptors (Lipinski definition) is 19. The molecule has 8 aliphatic rings. The van der Waals surface area contributed by atoms with Crippen LogP contribution in [0.5, 0.6) is 0 Å². The van der Waals surface area contributed by atoms with Gasteiger partial charge in [-0.3, -0.25) is 33.8 Å². The summed E-state index contributed by atoms with van der Waals surface area (Å²) in [6.45, 7) is 24.7. The number of nitrogens with one attached hydrogen (secondary N) is 17. The van der Waals surface area contributed by atoms with E-state index in [-0.39, 0.29) is 46.0 Å². The summed E-state index contributed by atoms with van der Waals surface area (Å²) in [6, 6.07) is 0. The Balaban J connectivity index is 0.000000272. The van der Waals surface area contributed by atoms with Gasteiger partial charge in [0.05, 0.1) is 16.6 Å². The van der Waals surface area contributed by atoms with Crippen molar-refractivity contribution in [3.63, 3.8) is 0 Å². The molecule has 0 aromatic rings. The summed E-state index contributed by atoms with van der Waals surface area (Å²) in [4.78, 5) is 61.4. The Morgan fingerprint density at radius 3 is 0.918 bits per heavy atom. The molecule has 4 bridgehead atoms. The lowest BCUT2D eigenvalue weighted by Crippen LogP contribution is -2.68. The smallest absolute Gasteiger partial charge is 0.253 e. The second kappa shape index (κ2) is 31.9. The Labute approximate surface area is 443 Å². The predicted octanol–water partition coefficient (Wildman–Crippen LogP) is -6.98. The number of fused-ring (bicyclic) bond motifs is 30. The fraction of sp³-hybridized carbons (Fsp3) is 0.766. The average molecular weight is 1060 g/mol. The van der Waals surface area contributed by atoms with Gasteiger partial charge in [-0.2, -0.15) is 0 Å². The number of imide groups is 2. The second-order valence-corrected chi connectivity index (χ2v) is 21.1. The molecule has 0 aromatic heterocycles. The molecule has 0 aliphatic carbocycles. The number of carbonyl (C=O) groups is 5. The lowest BCUT2D eigenvalue weighted by molar-refractivity contribution is -0.138. The SMILES string of the molecule is CC(=O)NC12CNCCNCC(NC(=S)NCCCN3C(=O)C=CC3=O)(CNCCNC1)CNCCNC2.CC12CNCCNCC(NC(=S)NCCCN3C(=O)C=CC3=O)(CNCCNC1)CNCCNC2. The minimum absolute atomic E-state index is 0.0394. The lowest BCUT2D eigenvalue weighted by Gasteiger charge is -2.39. The first-order chi connectivity index (χ1) is 35.2. The van der Waals surface area contributed by atoms with Crippen LogP contribution in [0.25, 0.3) is 0 Å². The molecule has 0 saturated carbocycles. The maximum atomic E-state index is 12.0. The van der Waals surface area contributed by atoms with Crippen LogP contribution < -0.4 is 90.4 Å². The van der Waals surface area contributed by atoms with Crippen molar-refractivity contribution in [1.29, 1.82) is 0 Å². The third kappa shape index (κ3) is 21.7. The minimum Gasteiger partial charge on any atom is -0.363 e. The van der Waals surface area contributed by atoms with E-state index in [2.05, 4.69) is 97.3 Å². The lowest BCUT2D eigenvalue weighted by atomic mass is 9.90. The number of thiocarbonyl (C=S) groups is 2. The van der Waals surface area contributed by atoms with Crippen molar-refractivity contribution in [2.45, 2.75) is 43.3 Å². The Kier molecular flexibility index (Phi) is 26.2. The van der Waals surface area contributed by atoms with E-state index in [0.717, 1.165) is 118 Å². The third-order valence-electron chi connectivity index (χ3n) is 13.4. The number of amides is 5. The zero-order valence-corrected chi connectivity index (χ0v) is 44.9. The van der Waals surface area contributed by atoms with Crippen molar-refractivity contribution in [2.75, 3.05) is 183 Å². The fourth-order valence-corrected chi connectivity index (χ4v) is 10.1. The zero-order valence-electron chi connectivity index (χ0n) is 43.3. The van der Waals surface area contributed by atoms with Gasteiger partial charge in [0, 0.05) is 220 Å². The van der Waals surface area contributed by atoms with Gasteiger partial charge in [0.15, 0.2) is 10.2 Å². The molecule has 0 aromatic carbocycles. The van der Waals surface area contributed by atoms with Gasteiger partial charge >= 0.3 is 0 Å². The van der Waals surface area contributed by atoms with Crippen LogP contribution in [-0.2, 0) is 24.0 Å². The third-order valence-corrected chi connectivity index (χ3v) is 13.9. The van der Waals surface area contributed by atoms with Crippen LogP contribution in [-0.4, -0.2) is 249 Å². The van der Waals surface area contributed by atoms with E-state index in [4.69, 9.17) is 24.4 Å². The first-order valence-corrected chi connectivity index (χ1v) is 27.0. The Bertz CT molecular complexity index is 1740. The Morgan fingerprint density at radius 1 is 0.438 bits per heavy atom. The van der Waals surface area contributed by atoms with Crippen molar-refractivity contribution in [3.05, 3.63) is 24.3 Å². The van der Waals surface area contributed by atoms with Gasteiger partial charge < -0.3 is 90.4 Å². The highest BCUT2D eigenvalue weighted by molar-refractivity contribution is 7.80. The highest BCUT2D eigenvalue weighted by Gasteiger charge is 2.34. The van der Waals surface area contributed by atoms with Gasteiger partial charge in [-0.25, -0.2) is 0 Å². The van der Waals surface area contributed by atoms with Crippen LogP contribution >= 0.6 is 24.4 Å². The summed E-state index contributed by atoms with van der Waals surface area (Å²) >= 11 is 11.3. The number of hydrogen-bond donors (Lipinski definition) is 17. The molecule has 0 spiro atoms. The van der Waals surface area contributed by atoms with Crippen molar-refractivity contribution in [1.82, 2.24) is 100 Å². The quantitative estimate of drug-likeness (QED) is 0.0520. The Morgan fingerprint density at radius 2 is 0.671 bits per heavy atom. The predicted molar refractivity (Wildman–Crippen MR) is 293 cm³/mol. The van der Waals surface area contributed by atoms with E-state index in [9.17, 15) is 24.0 Å². The molecule has 6 saturated heterocycles. The van der Waals surface area contributed by atoms with E-state index < -0.39 is 5.54 Å². The number of rotatable bonds is 11. The highest BCUT2D eigenvalue weighted by Crippen LogP contribution is 2.13. The van der Waals surface area contributed by atoms with Crippen molar-refractivity contribution >= 4 is 64.2 Å². The molecule has 8 heterocycles. The van der Waals surface area contributed by atoms with Crippen LogP contribution in [0.3, 0.4) is 0 Å². The van der Waals surface area contributed by atoms with E-state index in [1.807, 2.05) is 0 Å². The van der Waals surface area contributed by atoms with Crippen molar-refractivity contribution < 1.29 is 24.0 Å². The van der Waals surface area contributed by atoms with Crippen LogP contribution in [0.4, 0.5) is 0 Å². The first-order valence-electron chi connectivity index (χ1n) is 26.2. The summed E-state index contributed by atoms with van der Waals surface area (Å²) in [5, 5.41) is 60.8. The highest BCUT2D eigenvalue weighted by atomic mass is 32.1. The summed E-state index contributed by atoms with van der Waals surface area (Å²) < 4.78 is 0. The molecule has 24 nitrogen and oxygen atoms in total. The van der Waals surface area contributed by atoms with E-state index in [1.54, 1.807) is 6.92 Å². The maximum Gasteiger partial charge on any atom is 0.253 e.